The fraction of sp³-hybridized carbons (Fsp3) is 0.625. The van der Waals surface area contributed by atoms with Gasteiger partial charge in [0.05, 0.1) is 27.7 Å². The van der Waals surface area contributed by atoms with Crippen LogP contribution in [0.2, 0.25) is 0 Å². The number of rotatable bonds is 4. The smallest absolute Gasteiger partial charge is 0.244 e. The lowest BCUT2D eigenvalue weighted by Gasteiger charge is -2.22. The highest BCUT2D eigenvalue weighted by molar-refractivity contribution is 6.66. The maximum Gasteiger partial charge on any atom is 0.244 e. The number of carbonyl (C=O) groups excluding carboxylic acids is 1. The van der Waals surface area contributed by atoms with Gasteiger partial charge in [0.15, 0.2) is 0 Å². The van der Waals surface area contributed by atoms with Crippen molar-refractivity contribution in [3.63, 3.8) is 0 Å². The van der Waals surface area contributed by atoms with Gasteiger partial charge in [-0.1, -0.05) is 6.08 Å². The molecule has 0 fully saturated rings. The first kappa shape index (κ1) is 10.7. The van der Waals surface area contributed by atoms with Gasteiger partial charge in [-0.3, -0.25) is 4.79 Å². The molecule has 11 heavy (non-hydrogen) atoms. The van der Waals surface area contributed by atoms with E-state index in [0.717, 1.165) is 17.4 Å². The third-order valence-corrected chi connectivity index (χ3v) is 1.34. The Balaban J connectivity index is 3.50. The fourth-order valence-corrected chi connectivity index (χ4v) is 0.727. The number of carbonyl (C=O) groups is 1. The minimum atomic E-state index is -0.397. The third-order valence-electron chi connectivity index (χ3n) is 1.22. The van der Waals surface area contributed by atoms with E-state index in [4.69, 9.17) is 11.6 Å². The molecule has 0 N–H and O–H groups in total. The molecule has 0 atom stereocenters. The van der Waals surface area contributed by atoms with Gasteiger partial charge in [0.1, 0.15) is 0 Å². The molecule has 0 bridgehead atoms. The zero-order chi connectivity index (χ0) is 8.91. The lowest BCUT2D eigenvalue weighted by Crippen LogP contribution is -2.34. The average Bonchev–Trinajstić information content (AvgIpc) is 1.78. The molecule has 0 saturated heterocycles. The second-order valence-corrected chi connectivity index (χ2v) is 3.88. The zero-order valence-electron chi connectivity index (χ0n) is 7.30. The Morgan fingerprint density at radius 1 is 1.45 bits per heavy atom. The normalized spacial score (nSPS) is 12.4. The maximum absolute atomic E-state index is 10.2. The van der Waals surface area contributed by atoms with Crippen LogP contribution in [0.5, 0.6) is 0 Å². The van der Waals surface area contributed by atoms with Crippen molar-refractivity contribution in [3.05, 3.63) is 12.2 Å². The van der Waals surface area contributed by atoms with Crippen LogP contribution in [0, 0.1) is 0 Å². The quantitative estimate of drug-likeness (QED) is 0.360. The summed E-state index contributed by atoms with van der Waals surface area (Å²) in [5.74, 6) is 0. The monoisotopic (exact) mass is 176 g/mol. The molecule has 0 amide bonds. The van der Waals surface area contributed by atoms with E-state index in [1.54, 1.807) is 6.08 Å². The molecule has 0 saturated carbocycles. The molecule has 0 unspecified atom stereocenters. The van der Waals surface area contributed by atoms with Gasteiger partial charge in [-0.15, -0.1) is 0 Å². The van der Waals surface area contributed by atoms with Crippen molar-refractivity contribution in [2.24, 2.45) is 0 Å². The van der Waals surface area contributed by atoms with Crippen LogP contribution in [0.25, 0.3) is 0 Å². The van der Waals surface area contributed by atoms with E-state index in [-0.39, 0.29) is 0 Å². The summed E-state index contributed by atoms with van der Waals surface area (Å²) in [4.78, 5) is 10.2. The molecule has 64 valence electrons. The van der Waals surface area contributed by atoms with E-state index >= 15 is 0 Å². The zero-order valence-corrected chi connectivity index (χ0v) is 8.06. The Hall–Kier alpha value is -0.340. The van der Waals surface area contributed by atoms with Crippen LogP contribution in [0.1, 0.15) is 6.42 Å². The molecule has 0 spiro atoms. The lowest BCUT2D eigenvalue weighted by molar-refractivity contribution is -0.869. The van der Waals surface area contributed by atoms with Crippen molar-refractivity contribution < 1.29 is 9.28 Å². The summed E-state index contributed by atoms with van der Waals surface area (Å²) in [6, 6.07) is 0. The highest BCUT2D eigenvalue weighted by atomic mass is 35.5. The van der Waals surface area contributed by atoms with Crippen molar-refractivity contribution in [2.45, 2.75) is 6.42 Å². The summed E-state index contributed by atoms with van der Waals surface area (Å²) in [7, 11) is 6.32. The molecule has 0 aliphatic carbocycles. The van der Waals surface area contributed by atoms with E-state index in [1.165, 1.54) is 6.08 Å². The number of nitrogens with zero attached hydrogens (tertiary/aromatic N) is 1. The van der Waals surface area contributed by atoms with Crippen LogP contribution in [0.3, 0.4) is 0 Å². The molecule has 0 aliphatic rings. The first-order valence-corrected chi connectivity index (χ1v) is 3.96. The van der Waals surface area contributed by atoms with Crippen LogP contribution in [-0.4, -0.2) is 37.4 Å². The number of hydrogen-bond acceptors (Lipinski definition) is 1. The van der Waals surface area contributed by atoms with Crippen LogP contribution in [-0.2, 0) is 4.79 Å². The highest BCUT2D eigenvalue weighted by Gasteiger charge is 2.03. The van der Waals surface area contributed by atoms with Gasteiger partial charge < -0.3 is 4.48 Å². The molecule has 0 aromatic carbocycles. The maximum atomic E-state index is 10.2. The van der Waals surface area contributed by atoms with Crippen LogP contribution in [0.15, 0.2) is 12.2 Å². The van der Waals surface area contributed by atoms with Crippen LogP contribution in [0.4, 0.5) is 0 Å². The fourth-order valence-electron chi connectivity index (χ4n) is 0.638. The molecule has 3 heteroatoms. The molecule has 0 heterocycles. The van der Waals surface area contributed by atoms with Crippen molar-refractivity contribution in [1.82, 2.24) is 0 Å². The summed E-state index contributed by atoms with van der Waals surface area (Å²) >= 11 is 5.10. The first-order chi connectivity index (χ1) is 4.92. The van der Waals surface area contributed by atoms with Crippen molar-refractivity contribution in [2.75, 3.05) is 27.7 Å². The number of halogens is 1. The van der Waals surface area contributed by atoms with Gasteiger partial charge in [0.25, 0.3) is 0 Å². The predicted molar refractivity (Wildman–Crippen MR) is 47.5 cm³/mol. The molecular formula is C8H15ClNO+. The topological polar surface area (TPSA) is 17.1 Å². The SMILES string of the molecule is C[N+](C)(C)CCC=CC(=O)Cl. The van der Waals surface area contributed by atoms with Gasteiger partial charge in [0.2, 0.25) is 5.24 Å². The Morgan fingerprint density at radius 3 is 2.36 bits per heavy atom. The van der Waals surface area contributed by atoms with Gasteiger partial charge >= 0.3 is 0 Å². The van der Waals surface area contributed by atoms with Crippen molar-refractivity contribution in [1.29, 1.82) is 0 Å². The molecule has 0 radical (unpaired) electrons. The number of hydrogen-bond donors (Lipinski definition) is 0. The standard InChI is InChI=1S/C8H15ClNO/c1-10(2,3)7-5-4-6-8(9)11/h4,6H,5,7H2,1-3H3/q+1. The van der Waals surface area contributed by atoms with Gasteiger partial charge in [-0.2, -0.15) is 0 Å². The third kappa shape index (κ3) is 9.66. The van der Waals surface area contributed by atoms with Crippen molar-refractivity contribution >= 4 is 16.8 Å². The van der Waals surface area contributed by atoms with E-state index < -0.39 is 5.24 Å². The lowest BCUT2D eigenvalue weighted by atomic mass is 10.3. The Kier molecular flexibility index (Phi) is 4.38. The summed E-state index contributed by atoms with van der Waals surface area (Å²) in [5.41, 5.74) is 0. The van der Waals surface area contributed by atoms with Crippen LogP contribution < -0.4 is 0 Å². The summed E-state index contributed by atoms with van der Waals surface area (Å²) in [5, 5.41) is -0.397. The molecule has 2 nitrogen and oxygen atoms in total. The van der Waals surface area contributed by atoms with E-state index in [0.29, 0.717) is 0 Å². The second-order valence-electron chi connectivity index (χ2n) is 3.51. The van der Waals surface area contributed by atoms with E-state index in [1.807, 2.05) is 0 Å². The summed E-state index contributed by atoms with van der Waals surface area (Å²) in [6.45, 7) is 1.01. The molecular weight excluding hydrogens is 162 g/mol. The second kappa shape index (κ2) is 4.52. The highest BCUT2D eigenvalue weighted by Crippen LogP contribution is 1.95. The Bertz CT molecular complexity index is 158. The van der Waals surface area contributed by atoms with Crippen LogP contribution >= 0.6 is 11.6 Å². The van der Waals surface area contributed by atoms with E-state index in [9.17, 15) is 4.79 Å². The largest absolute Gasteiger partial charge is 0.331 e. The van der Waals surface area contributed by atoms with E-state index in [2.05, 4.69) is 21.1 Å². The number of quaternary nitrogens is 1. The molecule has 0 aliphatic heterocycles. The van der Waals surface area contributed by atoms with Gasteiger partial charge in [0, 0.05) is 6.42 Å². The predicted octanol–water partition coefficient (Wildman–Crippen LogP) is 1.40. The Morgan fingerprint density at radius 2 is 2.00 bits per heavy atom. The molecule has 0 aromatic heterocycles. The minimum Gasteiger partial charge on any atom is -0.331 e. The number of allylic oxidation sites excluding steroid dienone is 1. The van der Waals surface area contributed by atoms with Crippen molar-refractivity contribution in [3.8, 4) is 0 Å². The van der Waals surface area contributed by atoms with Gasteiger partial charge in [-0.25, -0.2) is 0 Å². The summed E-state index contributed by atoms with van der Waals surface area (Å²) < 4.78 is 0.904. The first-order valence-electron chi connectivity index (χ1n) is 3.58. The summed E-state index contributed by atoms with van der Waals surface area (Å²) in [6.07, 6.45) is 4.10. The minimum absolute atomic E-state index is 0.397. The molecule has 0 rings (SSSR count). The molecule has 0 aromatic rings. The average molecular weight is 177 g/mol. The Labute approximate surface area is 73.0 Å². The van der Waals surface area contributed by atoms with Gasteiger partial charge in [-0.05, 0) is 17.7 Å².